The fraction of sp³-hybridized carbons (Fsp3) is 0.667. The molecule has 0 radical (unpaired) electrons. The molecule has 4 nitrogen and oxygen atoms in total. The van der Waals surface area contributed by atoms with Gasteiger partial charge in [0.05, 0.1) is 5.41 Å². The van der Waals surface area contributed by atoms with Crippen molar-refractivity contribution in [3.63, 3.8) is 0 Å². The van der Waals surface area contributed by atoms with Gasteiger partial charge < -0.3 is 9.47 Å². The van der Waals surface area contributed by atoms with Crippen LogP contribution in [0.2, 0.25) is 0 Å². The summed E-state index contributed by atoms with van der Waals surface area (Å²) in [6, 6.07) is 6.99. The molecule has 34 heavy (non-hydrogen) atoms. The molecule has 3 rings (SSSR count). The van der Waals surface area contributed by atoms with Crippen LogP contribution in [0, 0.1) is 11.3 Å². The molecule has 0 bridgehead atoms. The Morgan fingerprint density at radius 1 is 1.21 bits per heavy atom. The van der Waals surface area contributed by atoms with Crippen molar-refractivity contribution in [1.82, 2.24) is 0 Å². The predicted octanol–water partition coefficient (Wildman–Crippen LogP) is 7.04. The number of ether oxygens (including phenoxy) is 2. The summed E-state index contributed by atoms with van der Waals surface area (Å²) in [5.74, 6) is 0.199. The zero-order valence-electron chi connectivity index (χ0n) is 22.2. The lowest BCUT2D eigenvalue weighted by Gasteiger charge is -2.54. The van der Waals surface area contributed by atoms with E-state index in [4.69, 9.17) is 9.47 Å². The molecule has 2 aliphatic rings. The highest BCUT2D eigenvalue weighted by molar-refractivity contribution is 5.87. The fourth-order valence-electron chi connectivity index (χ4n) is 6.31. The molecule has 1 aromatic carbocycles. The Hall–Kier alpha value is -2.10. The van der Waals surface area contributed by atoms with E-state index in [1.165, 1.54) is 16.7 Å². The average molecular weight is 469 g/mol. The molecule has 0 amide bonds. The number of aryl methyl sites for hydroxylation is 1. The van der Waals surface area contributed by atoms with Crippen molar-refractivity contribution in [2.45, 2.75) is 110 Å². The van der Waals surface area contributed by atoms with Crippen molar-refractivity contribution < 1.29 is 19.1 Å². The Bertz CT molecular complexity index is 916. The summed E-state index contributed by atoms with van der Waals surface area (Å²) in [5.41, 5.74) is 4.07. The molecule has 188 valence electrons. The zero-order chi connectivity index (χ0) is 25.1. The first-order valence-electron chi connectivity index (χ1n) is 13.2. The molecule has 4 atom stereocenters. The van der Waals surface area contributed by atoms with Crippen LogP contribution < -0.4 is 0 Å². The fourth-order valence-corrected chi connectivity index (χ4v) is 6.31. The molecule has 1 aromatic rings. The summed E-state index contributed by atoms with van der Waals surface area (Å²) in [6.07, 6.45) is 7.13. The minimum Gasteiger partial charge on any atom is -0.461 e. The van der Waals surface area contributed by atoms with Gasteiger partial charge in [0.15, 0.2) is 0 Å². The van der Waals surface area contributed by atoms with Crippen LogP contribution in [-0.4, -0.2) is 24.6 Å². The molecule has 1 fully saturated rings. The van der Waals surface area contributed by atoms with Gasteiger partial charge in [0.1, 0.15) is 12.7 Å². The molecule has 0 saturated heterocycles. The van der Waals surface area contributed by atoms with Gasteiger partial charge in [-0.1, -0.05) is 65.3 Å². The zero-order valence-corrected chi connectivity index (χ0v) is 22.2. The molecular formula is C30H44O4. The number of rotatable bonds is 9. The minimum absolute atomic E-state index is 0.0247. The second-order valence-electron chi connectivity index (χ2n) is 11.4. The number of carbonyl (C=O) groups excluding carboxylic acids is 2. The number of fused-ring (bicyclic) bond motifs is 3. The Morgan fingerprint density at radius 3 is 2.59 bits per heavy atom. The molecule has 2 aliphatic carbocycles. The lowest BCUT2D eigenvalue weighted by Crippen LogP contribution is -2.53. The Morgan fingerprint density at radius 2 is 1.94 bits per heavy atom. The first-order chi connectivity index (χ1) is 16.0. The molecule has 0 aliphatic heterocycles. The number of hydrogen-bond donors (Lipinski definition) is 0. The third kappa shape index (κ3) is 5.26. The van der Waals surface area contributed by atoms with Crippen molar-refractivity contribution in [1.29, 1.82) is 0 Å². The summed E-state index contributed by atoms with van der Waals surface area (Å²) in [7, 11) is 0. The van der Waals surface area contributed by atoms with E-state index in [1.807, 2.05) is 0 Å². The molecule has 0 N–H and O–H groups in total. The van der Waals surface area contributed by atoms with E-state index in [9.17, 15) is 9.59 Å². The lowest BCUT2D eigenvalue weighted by molar-refractivity contribution is -0.171. The summed E-state index contributed by atoms with van der Waals surface area (Å²) in [5, 5.41) is 0. The Kier molecular flexibility index (Phi) is 8.31. The van der Waals surface area contributed by atoms with Crippen molar-refractivity contribution in [2.75, 3.05) is 6.61 Å². The van der Waals surface area contributed by atoms with Gasteiger partial charge in [0.2, 0.25) is 0 Å². The third-order valence-corrected chi connectivity index (χ3v) is 8.41. The molecule has 1 saturated carbocycles. The van der Waals surface area contributed by atoms with Crippen LogP contribution in [0.3, 0.4) is 0 Å². The van der Waals surface area contributed by atoms with Crippen LogP contribution in [0.25, 0.3) is 0 Å². The Labute approximate surface area is 206 Å². The van der Waals surface area contributed by atoms with Gasteiger partial charge in [0.25, 0.3) is 0 Å². The summed E-state index contributed by atoms with van der Waals surface area (Å²) in [4.78, 5) is 25.7. The van der Waals surface area contributed by atoms with Gasteiger partial charge in [-0.15, -0.1) is 0 Å². The molecule has 0 heterocycles. The largest absolute Gasteiger partial charge is 0.461 e. The number of unbranched alkanes of at least 4 members (excludes halogenated alkanes) is 1. The topological polar surface area (TPSA) is 52.6 Å². The van der Waals surface area contributed by atoms with E-state index in [-0.39, 0.29) is 23.9 Å². The van der Waals surface area contributed by atoms with Gasteiger partial charge in [-0.3, -0.25) is 4.79 Å². The highest BCUT2D eigenvalue weighted by Gasteiger charge is 2.55. The first-order valence-corrected chi connectivity index (χ1v) is 13.2. The van der Waals surface area contributed by atoms with Crippen LogP contribution in [-0.2, 0) is 30.9 Å². The molecule has 4 unspecified atom stereocenters. The van der Waals surface area contributed by atoms with Gasteiger partial charge in [-0.25, -0.2) is 4.79 Å². The Balaban J connectivity index is 1.78. The van der Waals surface area contributed by atoms with Crippen LogP contribution >= 0.6 is 0 Å². The average Bonchev–Trinajstić information content (AvgIpc) is 2.79. The number of hydrogen-bond acceptors (Lipinski definition) is 4. The van der Waals surface area contributed by atoms with Crippen LogP contribution in [0.4, 0.5) is 0 Å². The highest BCUT2D eigenvalue weighted by Crippen LogP contribution is 2.57. The second-order valence-corrected chi connectivity index (χ2v) is 11.4. The van der Waals surface area contributed by atoms with Gasteiger partial charge in [-0.05, 0) is 86.3 Å². The van der Waals surface area contributed by atoms with Gasteiger partial charge in [-0.2, -0.15) is 0 Å². The summed E-state index contributed by atoms with van der Waals surface area (Å²) < 4.78 is 11.5. The predicted molar refractivity (Wildman–Crippen MR) is 137 cm³/mol. The monoisotopic (exact) mass is 468 g/mol. The molecule has 0 aromatic heterocycles. The number of carbonyl (C=O) groups is 2. The van der Waals surface area contributed by atoms with Crippen molar-refractivity contribution in [2.24, 2.45) is 11.3 Å². The van der Waals surface area contributed by atoms with E-state index < -0.39 is 17.5 Å². The minimum atomic E-state index is -0.533. The second kappa shape index (κ2) is 10.7. The maximum absolute atomic E-state index is 13.6. The summed E-state index contributed by atoms with van der Waals surface area (Å²) >= 11 is 0. The number of esters is 2. The van der Waals surface area contributed by atoms with E-state index >= 15 is 0 Å². The standard InChI is InChI=1S/C30H44O4/c1-8-9-11-24(34-27(31)21(4)5)19-33-28(32)30(7)17-10-16-29(6)25-14-12-22(20(2)3)18-23(25)13-15-26(29)30/h12,14,18,20,24,26H,4,8-11,13,15-17,19H2,1-3,5-7H3. The van der Waals surface area contributed by atoms with Crippen LogP contribution in [0.1, 0.15) is 109 Å². The highest BCUT2D eigenvalue weighted by atomic mass is 16.6. The molecule has 4 heteroatoms. The smallest absolute Gasteiger partial charge is 0.333 e. The van der Waals surface area contributed by atoms with E-state index in [0.29, 0.717) is 17.9 Å². The van der Waals surface area contributed by atoms with Gasteiger partial charge in [0, 0.05) is 5.57 Å². The van der Waals surface area contributed by atoms with Crippen molar-refractivity contribution in [3.05, 3.63) is 47.0 Å². The maximum atomic E-state index is 13.6. The van der Waals surface area contributed by atoms with Crippen molar-refractivity contribution >= 4 is 11.9 Å². The SMILES string of the molecule is C=C(C)C(=O)OC(CCCC)COC(=O)C1(C)CCCC2(C)c3ccc(C(C)C)cc3CCC12. The van der Waals surface area contributed by atoms with Crippen LogP contribution in [0.5, 0.6) is 0 Å². The van der Waals surface area contributed by atoms with E-state index in [2.05, 4.69) is 59.4 Å². The molecule has 0 spiro atoms. The first kappa shape index (κ1) is 26.5. The molecular weight excluding hydrogens is 424 g/mol. The normalized spacial score (nSPS) is 26.9. The van der Waals surface area contributed by atoms with E-state index in [0.717, 1.165) is 44.9 Å². The van der Waals surface area contributed by atoms with E-state index in [1.54, 1.807) is 6.92 Å². The number of benzene rings is 1. The van der Waals surface area contributed by atoms with Gasteiger partial charge >= 0.3 is 11.9 Å². The quantitative estimate of drug-likeness (QED) is 0.288. The van der Waals surface area contributed by atoms with Crippen molar-refractivity contribution in [3.8, 4) is 0 Å². The lowest BCUT2D eigenvalue weighted by atomic mass is 9.49. The maximum Gasteiger partial charge on any atom is 0.333 e. The summed E-state index contributed by atoms with van der Waals surface area (Å²) in [6.45, 7) is 16.5. The third-order valence-electron chi connectivity index (χ3n) is 8.41. The van der Waals surface area contributed by atoms with Crippen LogP contribution in [0.15, 0.2) is 30.4 Å².